The molecule has 1 heterocycles. The van der Waals surface area contributed by atoms with Gasteiger partial charge in [0.25, 0.3) is 0 Å². The molecule has 6 aromatic carbocycles. The van der Waals surface area contributed by atoms with Crippen molar-refractivity contribution in [2.75, 3.05) is 0 Å². The van der Waals surface area contributed by atoms with Crippen molar-refractivity contribution in [2.24, 2.45) is 0 Å². The summed E-state index contributed by atoms with van der Waals surface area (Å²) < 4.78 is 4.51. The van der Waals surface area contributed by atoms with E-state index >= 15 is 0 Å². The van der Waals surface area contributed by atoms with Crippen molar-refractivity contribution in [3.63, 3.8) is 0 Å². The normalized spacial score (nSPS) is 14.9. The Morgan fingerprint density at radius 1 is 0.262 bits per heavy atom. The molecule has 0 aliphatic carbocycles. The maximum Gasteiger partial charge on any atom is 0.211 e. The van der Waals surface area contributed by atoms with Crippen LogP contribution in [0.3, 0.4) is 0 Å². The van der Waals surface area contributed by atoms with E-state index in [1.165, 1.54) is 100 Å². The molecule has 0 fully saturated rings. The Morgan fingerprint density at radius 2 is 0.417 bits per heavy atom. The number of aryl methyl sites for hydroxylation is 2. The van der Waals surface area contributed by atoms with E-state index < -0.39 is 0 Å². The van der Waals surface area contributed by atoms with Crippen LogP contribution in [-0.4, -0.2) is 9.13 Å². The molecule has 4 unspecified atom stereocenters. The van der Waals surface area contributed by atoms with Crippen LogP contribution in [0.2, 0.25) is 0 Å². The van der Waals surface area contributed by atoms with Crippen molar-refractivity contribution in [1.29, 1.82) is 5.41 Å². The second kappa shape index (κ2) is 22.6. The fraction of sp³-hybridized carbons (Fsp3) is 0.519. The van der Waals surface area contributed by atoms with E-state index in [0.717, 1.165) is 11.4 Å². The van der Waals surface area contributed by atoms with Crippen LogP contribution in [0.4, 0.5) is 0 Å². The average Bonchev–Trinajstić information content (AvgIpc) is 3.94. The Morgan fingerprint density at radius 3 is 0.560 bits per heavy atom. The zero-order chi connectivity index (χ0) is 63.3. The van der Waals surface area contributed by atoms with E-state index in [1.807, 2.05) is 0 Å². The van der Waals surface area contributed by atoms with Crippen molar-refractivity contribution in [2.45, 2.75) is 275 Å². The molecule has 3 heteroatoms. The van der Waals surface area contributed by atoms with Crippen LogP contribution >= 0.6 is 0 Å². The predicted molar refractivity (Wildman–Crippen MR) is 366 cm³/mol. The van der Waals surface area contributed by atoms with Gasteiger partial charge in [0, 0.05) is 36.1 Å². The van der Waals surface area contributed by atoms with Crippen molar-refractivity contribution >= 4 is 0 Å². The van der Waals surface area contributed by atoms with E-state index in [2.05, 4.69) is 326 Å². The topological polar surface area (TPSA) is 33.7 Å². The van der Waals surface area contributed by atoms with Crippen LogP contribution in [0, 0.1) is 19.3 Å². The maximum atomic E-state index is 11.0. The van der Waals surface area contributed by atoms with Crippen LogP contribution in [0.25, 0.3) is 11.4 Å². The minimum atomic E-state index is -0.0452. The second-order valence-corrected chi connectivity index (χ2v) is 34.2. The van der Waals surface area contributed by atoms with Gasteiger partial charge in [-0.1, -0.05) is 302 Å². The third kappa shape index (κ3) is 14.1. The molecule has 4 atom stereocenters. The van der Waals surface area contributed by atoms with Crippen molar-refractivity contribution in [3.8, 4) is 11.4 Å². The predicted octanol–water partition coefficient (Wildman–Crippen LogP) is 22.4. The smallest absolute Gasteiger partial charge is 0.211 e. The van der Waals surface area contributed by atoms with E-state index in [0.29, 0.717) is 5.62 Å². The van der Waals surface area contributed by atoms with Crippen LogP contribution in [0.15, 0.2) is 109 Å². The molecule has 0 aliphatic heterocycles. The van der Waals surface area contributed by atoms with Gasteiger partial charge in [0.1, 0.15) is 0 Å². The lowest BCUT2D eigenvalue weighted by molar-refractivity contribution is 0.565. The zero-order valence-corrected chi connectivity index (χ0v) is 58.6. The highest BCUT2D eigenvalue weighted by Crippen LogP contribution is 2.45. The highest BCUT2D eigenvalue weighted by Gasteiger charge is 2.32. The summed E-state index contributed by atoms with van der Waals surface area (Å²) in [6, 6.07) is 39.3. The molecule has 0 aliphatic rings. The Kier molecular flexibility index (Phi) is 17.7. The molecule has 452 valence electrons. The van der Waals surface area contributed by atoms with Crippen molar-refractivity contribution < 1.29 is 0 Å². The SMILES string of the molecule is Cc1cc(C(C)c2cc(C(C)(C)C)cc(C(C)(C)C)c2)c(-n2ccn(-c3c(C(C)c4cc(C(C)(C)C)cc(C(C)(C)C)c4)cc(C)cc3C(C)c3cc(C(C)(C)C)cc(C(C)(C)C)c3)c2=N)c(C(C)c2cc(C(C)(C)C)cc(C(C)(C)C)c2)c1. The van der Waals surface area contributed by atoms with Crippen LogP contribution in [-0.2, 0) is 43.3 Å². The summed E-state index contributed by atoms with van der Waals surface area (Å²) >= 11 is 0. The lowest BCUT2D eigenvalue weighted by Gasteiger charge is -2.31. The number of nitrogens with one attached hydrogen (secondary N) is 1. The summed E-state index contributed by atoms with van der Waals surface area (Å²) in [5.41, 5.74) is 25.6. The monoisotopic (exact) mass is 1130 g/mol. The summed E-state index contributed by atoms with van der Waals surface area (Å²) in [6.07, 6.45) is 4.44. The molecule has 7 rings (SSSR count). The summed E-state index contributed by atoms with van der Waals surface area (Å²) in [7, 11) is 0. The van der Waals surface area contributed by atoms with Gasteiger partial charge in [-0.15, -0.1) is 0 Å². The lowest BCUT2D eigenvalue weighted by atomic mass is 9.76. The van der Waals surface area contributed by atoms with Gasteiger partial charge >= 0.3 is 0 Å². The molecular formula is C81H113N3. The molecule has 0 amide bonds. The zero-order valence-electron chi connectivity index (χ0n) is 58.6. The first-order valence-corrected chi connectivity index (χ1v) is 31.9. The number of aromatic nitrogens is 2. The van der Waals surface area contributed by atoms with Gasteiger partial charge in [0.05, 0.1) is 11.4 Å². The number of nitrogens with zero attached hydrogens (tertiary/aromatic N) is 2. The maximum absolute atomic E-state index is 11.0. The molecule has 1 aromatic heterocycles. The Balaban J connectivity index is 1.64. The first kappa shape index (κ1) is 65.9. The van der Waals surface area contributed by atoms with Gasteiger partial charge in [-0.05, 0) is 146 Å². The second-order valence-electron chi connectivity index (χ2n) is 34.2. The standard InChI is InChI=1S/C81H113N3/c1-49-33-67(51(3)55-37-59(74(7,8)9)45-60(38-55)75(10,11)12)71(68(34-49)52(4)56-39-61(76(13,14)15)46-62(40-56)77(16,17)18)83-31-32-84(73(83)82)72-69(53(5)57-41-63(78(19,20)21)47-64(42-57)79(22,23)24)35-50(2)36-70(72)54(6)58-43-65(80(25,26)27)48-66(44-58)81(28,29)30/h31-48,51-54,82H,1-30H3. The van der Waals surface area contributed by atoms with E-state index in [4.69, 9.17) is 0 Å². The molecule has 0 saturated heterocycles. The van der Waals surface area contributed by atoms with Crippen LogP contribution < -0.4 is 5.62 Å². The molecule has 0 saturated carbocycles. The van der Waals surface area contributed by atoms with Gasteiger partial charge < -0.3 is 0 Å². The highest BCUT2D eigenvalue weighted by atomic mass is 15.2. The number of hydrogen-bond acceptors (Lipinski definition) is 1. The minimum Gasteiger partial charge on any atom is -0.286 e. The molecular weight excluding hydrogens is 1010 g/mol. The third-order valence-electron chi connectivity index (χ3n) is 18.5. The molecule has 1 N–H and O–H groups in total. The molecule has 84 heavy (non-hydrogen) atoms. The number of hydrogen-bond donors (Lipinski definition) is 1. The summed E-state index contributed by atoms with van der Waals surface area (Å²) in [5, 5.41) is 11.0. The lowest BCUT2D eigenvalue weighted by Crippen LogP contribution is -2.27. The molecule has 0 spiro atoms. The summed E-state index contributed by atoms with van der Waals surface area (Å²) in [5.74, 6) is 0.00110. The Labute approximate surface area is 513 Å². The first-order chi connectivity index (χ1) is 38.1. The van der Waals surface area contributed by atoms with Gasteiger partial charge in [-0.3, -0.25) is 14.5 Å². The van der Waals surface area contributed by atoms with E-state index in [1.54, 1.807) is 0 Å². The number of rotatable bonds is 10. The average molecular weight is 1130 g/mol. The van der Waals surface area contributed by atoms with Crippen molar-refractivity contribution in [1.82, 2.24) is 9.13 Å². The number of benzene rings is 6. The molecule has 0 radical (unpaired) electrons. The van der Waals surface area contributed by atoms with Crippen LogP contribution in [0.5, 0.6) is 0 Å². The van der Waals surface area contributed by atoms with Gasteiger partial charge in [0.2, 0.25) is 5.62 Å². The quantitative estimate of drug-likeness (QED) is 0.142. The molecule has 3 nitrogen and oxygen atoms in total. The van der Waals surface area contributed by atoms with E-state index in [-0.39, 0.29) is 67.0 Å². The largest absolute Gasteiger partial charge is 0.286 e. The molecule has 7 aromatic rings. The van der Waals surface area contributed by atoms with Gasteiger partial charge in [0.15, 0.2) is 0 Å². The summed E-state index contributed by atoms with van der Waals surface area (Å²) in [4.78, 5) is 0. The molecule has 0 bridgehead atoms. The Hall–Kier alpha value is -5.67. The van der Waals surface area contributed by atoms with Crippen molar-refractivity contribution in [3.05, 3.63) is 215 Å². The third-order valence-corrected chi connectivity index (χ3v) is 18.5. The first-order valence-electron chi connectivity index (χ1n) is 31.9. The fourth-order valence-corrected chi connectivity index (χ4v) is 12.1. The highest BCUT2D eigenvalue weighted by molar-refractivity contribution is 5.62. The Bertz CT molecular complexity index is 3040. The van der Waals surface area contributed by atoms with E-state index in [9.17, 15) is 5.41 Å². The van der Waals surface area contributed by atoms with Gasteiger partial charge in [-0.2, -0.15) is 0 Å². The summed E-state index contributed by atoms with van der Waals surface area (Å²) in [6.45, 7) is 70.4. The van der Waals surface area contributed by atoms with Gasteiger partial charge in [-0.25, -0.2) is 0 Å². The van der Waals surface area contributed by atoms with Crippen LogP contribution in [0.1, 0.15) is 318 Å². The fourth-order valence-electron chi connectivity index (χ4n) is 12.1. The number of imidazole rings is 1. The minimum absolute atomic E-state index is 0.000275.